The van der Waals surface area contributed by atoms with Crippen LogP contribution in [0.25, 0.3) is 11.0 Å². The minimum Gasteiger partial charge on any atom is -0.428 e. The average Bonchev–Trinajstić information content (AvgIpc) is 3.03. The van der Waals surface area contributed by atoms with Gasteiger partial charge in [-0.2, -0.15) is 5.10 Å². The van der Waals surface area contributed by atoms with E-state index in [-0.39, 0.29) is 5.92 Å². The van der Waals surface area contributed by atoms with Gasteiger partial charge in [0.15, 0.2) is 0 Å². The van der Waals surface area contributed by atoms with Crippen LogP contribution in [-0.2, 0) is 0 Å². The van der Waals surface area contributed by atoms with Crippen LogP contribution in [0.3, 0.4) is 0 Å². The van der Waals surface area contributed by atoms with Crippen molar-refractivity contribution in [2.24, 2.45) is 28.8 Å². The zero-order valence-electron chi connectivity index (χ0n) is 15.2. The van der Waals surface area contributed by atoms with Crippen LogP contribution in [0.15, 0.2) is 23.6 Å². The Hall–Kier alpha value is -1.86. The van der Waals surface area contributed by atoms with Crippen LogP contribution in [0.4, 0.5) is 0 Å². The predicted molar refractivity (Wildman–Crippen MR) is 102 cm³/mol. The van der Waals surface area contributed by atoms with Crippen molar-refractivity contribution in [1.29, 1.82) is 0 Å². The molecule has 2 aliphatic carbocycles. The first-order valence-electron chi connectivity index (χ1n) is 9.65. The summed E-state index contributed by atoms with van der Waals surface area (Å²) >= 11 is 0. The normalized spacial score (nSPS) is 36.5. The summed E-state index contributed by atoms with van der Waals surface area (Å²) < 4.78 is 0. The average molecular weight is 352 g/mol. The zero-order valence-corrected chi connectivity index (χ0v) is 15.2. The van der Waals surface area contributed by atoms with E-state index >= 15 is 0 Å². The fourth-order valence-electron chi connectivity index (χ4n) is 6.04. The number of aromatic amines is 1. The third kappa shape index (κ3) is 2.33. The highest BCUT2D eigenvalue weighted by Gasteiger charge is 2.50. The maximum Gasteiger partial charge on any atom is 0.465 e. The van der Waals surface area contributed by atoms with Crippen molar-refractivity contribution >= 4 is 29.3 Å². The lowest BCUT2D eigenvalue weighted by Gasteiger charge is -2.51. The molecule has 5 atom stereocenters. The number of hydrogen-bond donors (Lipinski definition) is 4. The van der Waals surface area contributed by atoms with Crippen molar-refractivity contribution in [3.05, 3.63) is 24.0 Å². The van der Waals surface area contributed by atoms with Gasteiger partial charge in [0.25, 0.3) is 0 Å². The number of pyridine rings is 1. The number of nitrogens with one attached hydrogen (secondary N) is 2. The Morgan fingerprint density at radius 3 is 2.96 bits per heavy atom. The van der Waals surface area contributed by atoms with Crippen LogP contribution in [0.2, 0.25) is 0 Å². The van der Waals surface area contributed by atoms with E-state index in [0.29, 0.717) is 17.8 Å². The second-order valence-corrected chi connectivity index (χ2v) is 8.80. The fourth-order valence-corrected chi connectivity index (χ4v) is 6.04. The lowest BCUT2D eigenvalue weighted by atomic mass is 9.55. The first kappa shape index (κ1) is 16.3. The molecule has 5 rings (SSSR count). The molecule has 3 aliphatic rings. The lowest BCUT2D eigenvalue weighted by Crippen LogP contribution is -2.55. The summed E-state index contributed by atoms with van der Waals surface area (Å²) in [4.78, 5) is 7.61. The van der Waals surface area contributed by atoms with Gasteiger partial charge in [-0.1, -0.05) is 13.8 Å². The fraction of sp³-hybridized carbons (Fsp3) is 0.579. The van der Waals surface area contributed by atoms with Crippen LogP contribution < -0.4 is 10.8 Å². The highest BCUT2D eigenvalue weighted by Crippen LogP contribution is 2.51. The molecule has 0 aromatic carbocycles. The number of aliphatic hydroxyl groups is 1. The Morgan fingerprint density at radius 1 is 1.27 bits per heavy atom. The van der Waals surface area contributed by atoms with Gasteiger partial charge < -0.3 is 20.5 Å². The van der Waals surface area contributed by atoms with Gasteiger partial charge in [0.05, 0.1) is 11.3 Å². The number of rotatable bonds is 1. The number of nitrogens with zero attached hydrogens (tertiary/aromatic N) is 2. The van der Waals surface area contributed by atoms with Crippen LogP contribution in [0, 0.1) is 23.7 Å². The molecule has 1 aliphatic heterocycles. The van der Waals surface area contributed by atoms with Crippen LogP contribution >= 0.6 is 0 Å². The summed E-state index contributed by atoms with van der Waals surface area (Å²) in [7, 11) is -0.832. The van der Waals surface area contributed by atoms with E-state index < -0.39 is 12.7 Å². The third-order valence-corrected chi connectivity index (χ3v) is 6.69. The maximum atomic E-state index is 11.0. The number of hydrogen-bond acceptors (Lipinski definition) is 5. The summed E-state index contributed by atoms with van der Waals surface area (Å²) in [5, 5.41) is 30.0. The molecule has 0 spiro atoms. The van der Waals surface area contributed by atoms with Crippen molar-refractivity contribution in [2.75, 3.05) is 0 Å². The number of aromatic nitrogens is 2. The van der Waals surface area contributed by atoms with Gasteiger partial charge in [-0.05, 0) is 49.5 Å². The molecule has 2 saturated carbocycles. The van der Waals surface area contributed by atoms with E-state index in [1.54, 1.807) is 6.20 Å². The predicted octanol–water partition coefficient (Wildman–Crippen LogP) is 1.38. The summed E-state index contributed by atoms with van der Waals surface area (Å²) in [6.45, 7) is 4.48. The largest absolute Gasteiger partial charge is 0.465 e. The molecule has 0 amide bonds. The zero-order chi connectivity index (χ0) is 18.1. The van der Waals surface area contributed by atoms with Gasteiger partial charge >= 0.3 is 7.05 Å². The van der Waals surface area contributed by atoms with Gasteiger partial charge in [-0.15, -0.1) is 0 Å². The summed E-state index contributed by atoms with van der Waals surface area (Å²) in [6.07, 6.45) is 7.33. The lowest BCUT2D eigenvalue weighted by molar-refractivity contribution is -0.0917. The molecule has 2 aromatic heterocycles. The Kier molecular flexibility index (Phi) is 3.50. The number of hydrazone groups is 1. The Bertz CT molecular complexity index is 893. The standard InChI is InChI=1S/C19H25BN4O2/c1-10-5-12-8-19(25,6-10)7-11(2)15(12)17-16-13-3-4-21-18(13)22-9-14(16)20(26)24-23-17/h3-4,9-12,15,24-26H,5-8H2,1-2H3,(H,21,22)/t10?,11-,12+,15-,19-/m1/s1. The Labute approximate surface area is 153 Å². The van der Waals surface area contributed by atoms with E-state index in [4.69, 9.17) is 0 Å². The van der Waals surface area contributed by atoms with Gasteiger partial charge in [0.2, 0.25) is 0 Å². The van der Waals surface area contributed by atoms with E-state index in [1.807, 2.05) is 12.3 Å². The summed E-state index contributed by atoms with van der Waals surface area (Å²) in [5.41, 5.74) is 3.13. The molecule has 4 N–H and O–H groups in total. The number of H-pyrrole nitrogens is 1. The molecule has 2 fully saturated rings. The van der Waals surface area contributed by atoms with E-state index in [1.165, 1.54) is 0 Å². The van der Waals surface area contributed by atoms with Crippen LogP contribution in [0.5, 0.6) is 0 Å². The number of fused-ring (bicyclic) bond motifs is 5. The molecular weight excluding hydrogens is 327 g/mol. The first-order valence-corrected chi connectivity index (χ1v) is 9.65. The second-order valence-electron chi connectivity index (χ2n) is 8.80. The first-order chi connectivity index (χ1) is 12.5. The molecule has 0 saturated heterocycles. The van der Waals surface area contributed by atoms with Gasteiger partial charge in [-0.3, -0.25) is 0 Å². The third-order valence-electron chi connectivity index (χ3n) is 6.69. The maximum absolute atomic E-state index is 11.0. The highest BCUT2D eigenvalue weighted by molar-refractivity contribution is 6.66. The molecule has 26 heavy (non-hydrogen) atoms. The smallest absolute Gasteiger partial charge is 0.428 e. The summed E-state index contributed by atoms with van der Waals surface area (Å²) in [6, 6.07) is 2.02. The molecule has 2 bridgehead atoms. The molecule has 2 aromatic rings. The monoisotopic (exact) mass is 352 g/mol. The van der Waals surface area contributed by atoms with Crippen molar-refractivity contribution in [3.8, 4) is 0 Å². The molecule has 136 valence electrons. The Morgan fingerprint density at radius 2 is 2.12 bits per heavy atom. The van der Waals surface area contributed by atoms with Crippen LogP contribution in [-0.4, -0.2) is 38.5 Å². The minimum absolute atomic E-state index is 0.275. The van der Waals surface area contributed by atoms with Gasteiger partial charge in [0.1, 0.15) is 5.65 Å². The quantitative estimate of drug-likeness (QED) is 0.584. The van der Waals surface area contributed by atoms with Crippen LogP contribution in [0.1, 0.15) is 45.1 Å². The second kappa shape index (κ2) is 5.57. The van der Waals surface area contributed by atoms with E-state index in [9.17, 15) is 10.1 Å². The van der Waals surface area contributed by atoms with Crippen molar-refractivity contribution in [1.82, 2.24) is 15.3 Å². The van der Waals surface area contributed by atoms with Gasteiger partial charge in [0, 0.05) is 34.7 Å². The summed E-state index contributed by atoms with van der Waals surface area (Å²) in [5.74, 6) is 1.56. The van der Waals surface area contributed by atoms with Gasteiger partial charge in [-0.25, -0.2) is 4.98 Å². The highest BCUT2D eigenvalue weighted by atomic mass is 16.3. The van der Waals surface area contributed by atoms with E-state index in [2.05, 4.69) is 34.3 Å². The van der Waals surface area contributed by atoms with Crippen molar-refractivity contribution in [3.63, 3.8) is 0 Å². The Balaban J connectivity index is 1.64. The molecule has 1 unspecified atom stereocenters. The van der Waals surface area contributed by atoms with Crippen molar-refractivity contribution < 1.29 is 10.1 Å². The molecule has 3 heterocycles. The molecule has 7 heteroatoms. The molecule has 6 nitrogen and oxygen atoms in total. The molecule has 0 radical (unpaired) electrons. The SMILES string of the molecule is CC1C[C@H]2C[C@@](O)(C1)C[C@@H](C)[C@H]2C1=NNB(O)c2cnc3[nH]ccc3c21. The molecular formula is C19H25BN4O2. The minimum atomic E-state index is -0.832. The van der Waals surface area contributed by atoms with Crippen molar-refractivity contribution in [2.45, 2.75) is 45.1 Å². The topological polar surface area (TPSA) is 93.5 Å². The van der Waals surface area contributed by atoms with E-state index in [0.717, 1.165) is 53.5 Å².